The van der Waals surface area contributed by atoms with Gasteiger partial charge >= 0.3 is 0 Å². The zero-order valence-corrected chi connectivity index (χ0v) is 13.2. The molecule has 0 saturated heterocycles. The number of benzene rings is 2. The van der Waals surface area contributed by atoms with Crippen molar-refractivity contribution in [2.45, 2.75) is 12.8 Å². The van der Waals surface area contributed by atoms with Crippen molar-refractivity contribution in [2.24, 2.45) is 0 Å². The summed E-state index contributed by atoms with van der Waals surface area (Å²) in [6, 6.07) is 17.0. The zero-order valence-electron chi connectivity index (χ0n) is 13.2. The van der Waals surface area contributed by atoms with Crippen molar-refractivity contribution in [1.29, 1.82) is 0 Å². The van der Waals surface area contributed by atoms with E-state index in [1.807, 2.05) is 24.3 Å². The molecule has 0 aliphatic carbocycles. The molecular formula is C20H18F2N2. The predicted octanol–water partition coefficient (Wildman–Crippen LogP) is 5.13. The van der Waals surface area contributed by atoms with Crippen LogP contribution in [0.25, 0.3) is 0 Å². The van der Waals surface area contributed by atoms with E-state index in [0.29, 0.717) is 18.5 Å². The van der Waals surface area contributed by atoms with E-state index in [1.165, 1.54) is 18.2 Å². The van der Waals surface area contributed by atoms with Gasteiger partial charge in [-0.05, 0) is 60.9 Å². The Kier molecular flexibility index (Phi) is 5.16. The summed E-state index contributed by atoms with van der Waals surface area (Å²) >= 11 is 0. The minimum Gasteiger partial charge on any atom is -0.341 e. The largest absolute Gasteiger partial charge is 0.341 e. The number of anilines is 2. The molecule has 0 unspecified atom stereocenters. The topological polar surface area (TPSA) is 16.1 Å². The fraction of sp³-hybridized carbons (Fsp3) is 0.150. The average molecular weight is 324 g/mol. The van der Waals surface area contributed by atoms with E-state index >= 15 is 0 Å². The molecule has 1 aromatic heterocycles. The average Bonchev–Trinajstić information content (AvgIpc) is 2.62. The normalized spacial score (nSPS) is 10.6. The Morgan fingerprint density at radius 3 is 2.17 bits per heavy atom. The monoisotopic (exact) mass is 324 g/mol. The smallest absolute Gasteiger partial charge is 0.126 e. The first-order chi connectivity index (χ1) is 11.7. The molecule has 2 nitrogen and oxygen atoms in total. The summed E-state index contributed by atoms with van der Waals surface area (Å²) in [5, 5.41) is 0. The van der Waals surface area contributed by atoms with Gasteiger partial charge in [0.1, 0.15) is 11.6 Å². The highest BCUT2D eigenvalue weighted by atomic mass is 19.1. The number of pyridine rings is 1. The molecule has 0 fully saturated rings. The molecule has 0 saturated carbocycles. The van der Waals surface area contributed by atoms with Crippen molar-refractivity contribution in [3.8, 4) is 0 Å². The molecule has 0 bridgehead atoms. The first kappa shape index (κ1) is 16.1. The molecule has 0 aliphatic rings. The molecular weight excluding hydrogens is 306 g/mol. The maximum atomic E-state index is 13.7. The van der Waals surface area contributed by atoms with Gasteiger partial charge in [-0.25, -0.2) is 8.78 Å². The zero-order chi connectivity index (χ0) is 16.8. The Labute approximate surface area is 140 Å². The van der Waals surface area contributed by atoms with Gasteiger partial charge in [-0.15, -0.1) is 0 Å². The van der Waals surface area contributed by atoms with E-state index in [-0.39, 0.29) is 11.6 Å². The van der Waals surface area contributed by atoms with E-state index in [4.69, 9.17) is 0 Å². The van der Waals surface area contributed by atoms with Crippen LogP contribution in [-0.2, 0) is 6.42 Å². The minimum atomic E-state index is -0.264. The lowest BCUT2D eigenvalue weighted by molar-refractivity contribution is 0.604. The minimum absolute atomic E-state index is 0.172. The van der Waals surface area contributed by atoms with E-state index in [2.05, 4.69) is 9.88 Å². The van der Waals surface area contributed by atoms with Gasteiger partial charge < -0.3 is 4.90 Å². The predicted molar refractivity (Wildman–Crippen MR) is 92.4 cm³/mol. The van der Waals surface area contributed by atoms with E-state index in [9.17, 15) is 8.78 Å². The van der Waals surface area contributed by atoms with E-state index < -0.39 is 0 Å². The second kappa shape index (κ2) is 7.68. The van der Waals surface area contributed by atoms with Crippen LogP contribution in [0.3, 0.4) is 0 Å². The Bertz CT molecular complexity index is 773. The van der Waals surface area contributed by atoms with Crippen molar-refractivity contribution in [1.82, 2.24) is 4.98 Å². The lowest BCUT2D eigenvalue weighted by atomic mass is 10.1. The number of rotatable bonds is 6. The Morgan fingerprint density at radius 2 is 1.46 bits per heavy atom. The van der Waals surface area contributed by atoms with E-state index in [1.54, 1.807) is 30.6 Å². The standard InChI is InChI=1S/C20H18F2N2/c21-17-7-9-18(10-8-17)24(19-11-13-23-14-12-19)15-3-5-16-4-1-2-6-20(16)22/h1-2,4,6-14H,3,5,15H2. The van der Waals surface area contributed by atoms with Gasteiger partial charge in [0.15, 0.2) is 0 Å². The quantitative estimate of drug-likeness (QED) is 0.625. The third-order valence-corrected chi connectivity index (χ3v) is 3.90. The lowest BCUT2D eigenvalue weighted by Crippen LogP contribution is -2.19. The molecule has 122 valence electrons. The van der Waals surface area contributed by atoms with Crippen molar-refractivity contribution < 1.29 is 8.78 Å². The molecule has 0 aliphatic heterocycles. The maximum Gasteiger partial charge on any atom is 0.126 e. The van der Waals surface area contributed by atoms with Crippen molar-refractivity contribution in [3.05, 3.63) is 90.3 Å². The van der Waals surface area contributed by atoms with Gasteiger partial charge in [-0.1, -0.05) is 18.2 Å². The molecule has 3 rings (SSSR count). The van der Waals surface area contributed by atoms with Gasteiger partial charge in [-0.2, -0.15) is 0 Å². The summed E-state index contributed by atoms with van der Waals surface area (Å²) in [7, 11) is 0. The summed E-state index contributed by atoms with van der Waals surface area (Å²) in [6.45, 7) is 0.698. The van der Waals surface area contributed by atoms with Gasteiger partial charge in [0.25, 0.3) is 0 Å². The van der Waals surface area contributed by atoms with Crippen LogP contribution in [-0.4, -0.2) is 11.5 Å². The van der Waals surface area contributed by atoms with Crippen LogP contribution in [0.15, 0.2) is 73.1 Å². The molecule has 4 heteroatoms. The highest BCUT2D eigenvalue weighted by molar-refractivity contribution is 5.62. The second-order valence-electron chi connectivity index (χ2n) is 5.53. The van der Waals surface area contributed by atoms with Gasteiger partial charge in [0.05, 0.1) is 0 Å². The SMILES string of the molecule is Fc1ccc(N(CCCc2ccccc2F)c2ccncc2)cc1. The van der Waals surface area contributed by atoms with Crippen molar-refractivity contribution in [3.63, 3.8) is 0 Å². The Morgan fingerprint density at radius 1 is 0.792 bits per heavy atom. The third-order valence-electron chi connectivity index (χ3n) is 3.90. The fourth-order valence-corrected chi connectivity index (χ4v) is 2.68. The third kappa shape index (κ3) is 3.96. The van der Waals surface area contributed by atoms with Crippen molar-refractivity contribution in [2.75, 3.05) is 11.4 Å². The summed E-state index contributed by atoms with van der Waals surface area (Å²) in [4.78, 5) is 6.12. The number of halogens is 2. The summed E-state index contributed by atoms with van der Waals surface area (Å²) in [5.74, 6) is -0.436. The lowest BCUT2D eigenvalue weighted by Gasteiger charge is -2.25. The molecule has 1 heterocycles. The summed E-state index contributed by atoms with van der Waals surface area (Å²) in [6.07, 6.45) is 4.88. The molecule has 0 atom stereocenters. The maximum absolute atomic E-state index is 13.7. The summed E-state index contributed by atoms with van der Waals surface area (Å²) < 4.78 is 26.9. The second-order valence-corrected chi connectivity index (χ2v) is 5.53. The number of nitrogens with zero attached hydrogens (tertiary/aromatic N) is 2. The van der Waals surface area contributed by atoms with Crippen LogP contribution in [0.1, 0.15) is 12.0 Å². The van der Waals surface area contributed by atoms with Crippen LogP contribution in [0.5, 0.6) is 0 Å². The Balaban J connectivity index is 1.75. The molecule has 3 aromatic rings. The molecule has 2 aromatic carbocycles. The molecule has 24 heavy (non-hydrogen) atoms. The number of hydrogen-bond donors (Lipinski definition) is 0. The summed E-state index contributed by atoms with van der Waals surface area (Å²) in [5.41, 5.74) is 2.59. The first-order valence-electron chi connectivity index (χ1n) is 7.90. The van der Waals surface area contributed by atoms with Crippen LogP contribution in [0.4, 0.5) is 20.2 Å². The van der Waals surface area contributed by atoms with Crippen LogP contribution < -0.4 is 4.90 Å². The molecule has 0 radical (unpaired) electrons. The van der Waals surface area contributed by atoms with Crippen LogP contribution >= 0.6 is 0 Å². The number of hydrogen-bond acceptors (Lipinski definition) is 2. The van der Waals surface area contributed by atoms with Crippen LogP contribution in [0, 0.1) is 11.6 Å². The highest BCUT2D eigenvalue weighted by Gasteiger charge is 2.10. The fourth-order valence-electron chi connectivity index (χ4n) is 2.68. The molecule has 0 amide bonds. The Hall–Kier alpha value is -2.75. The highest BCUT2D eigenvalue weighted by Crippen LogP contribution is 2.25. The van der Waals surface area contributed by atoms with Crippen molar-refractivity contribution >= 4 is 11.4 Å². The number of aryl methyl sites for hydroxylation is 1. The van der Waals surface area contributed by atoms with Gasteiger partial charge in [0, 0.05) is 30.3 Å². The number of aromatic nitrogens is 1. The first-order valence-corrected chi connectivity index (χ1v) is 7.90. The van der Waals surface area contributed by atoms with Gasteiger partial charge in [0.2, 0.25) is 0 Å². The van der Waals surface area contributed by atoms with Crippen LogP contribution in [0.2, 0.25) is 0 Å². The van der Waals surface area contributed by atoms with E-state index in [0.717, 1.165) is 17.8 Å². The van der Waals surface area contributed by atoms with Gasteiger partial charge in [-0.3, -0.25) is 4.98 Å². The molecule has 0 spiro atoms. The molecule has 0 N–H and O–H groups in total.